The van der Waals surface area contributed by atoms with Crippen LogP contribution in [0, 0.1) is 0 Å². The highest BCUT2D eigenvalue weighted by atomic mass is 31.2. The standard InChI is InChI=1S/C85H148O17P2/c1-5-9-13-17-21-25-29-33-36-38-39-41-43-47-50-54-58-62-66-70-83(88)96-76-81(102-85(90)72-68-64-60-56-52-48-44-40-37-34-30-26-22-18-14-10-6-2)78-100-104(93,94)98-74-79(86)73-97-103(91,92)99-77-80(101-84(89)71-67-63-59-55-51-45-32-28-24-20-16-12-8-4)75-95-82(87)69-65-61-57-53-49-46-42-35-31-27-23-19-15-11-7-3/h9-10,13-14,21-22,25-26,28,32-34,36-37,39,41,44,48,79-81,86H,5-8,11-12,15-20,23-24,27,29-31,35,38,40,42-43,45-47,49-78H2,1-4H3,(H,91,92)(H,93,94)/b13-9-,14-10-,25-21-,26-22-,32-28-,36-33-,37-34-,41-39-,48-44-. The van der Waals surface area contributed by atoms with Crippen molar-refractivity contribution in [3.63, 3.8) is 0 Å². The highest BCUT2D eigenvalue weighted by molar-refractivity contribution is 7.47. The van der Waals surface area contributed by atoms with Gasteiger partial charge in [0.2, 0.25) is 0 Å². The first-order chi connectivity index (χ1) is 50.7. The zero-order valence-corrected chi connectivity index (χ0v) is 67.5. The van der Waals surface area contributed by atoms with Gasteiger partial charge in [0.25, 0.3) is 0 Å². The zero-order chi connectivity index (χ0) is 76.0. The number of phosphoric acid groups is 2. The Bertz CT molecular complexity index is 2390. The molecule has 0 aromatic heterocycles. The molecule has 0 saturated carbocycles. The average Bonchev–Trinajstić information content (AvgIpc) is 0.911. The summed E-state index contributed by atoms with van der Waals surface area (Å²) < 4.78 is 68.7. The minimum absolute atomic E-state index is 0.0622. The minimum Gasteiger partial charge on any atom is -0.462 e. The molecule has 0 aliphatic rings. The maximum Gasteiger partial charge on any atom is 0.472 e. The van der Waals surface area contributed by atoms with E-state index >= 15 is 0 Å². The lowest BCUT2D eigenvalue weighted by molar-refractivity contribution is -0.161. The molecule has 0 bridgehead atoms. The van der Waals surface area contributed by atoms with E-state index in [4.69, 9.17) is 37.0 Å². The molecule has 0 spiro atoms. The van der Waals surface area contributed by atoms with Crippen molar-refractivity contribution in [2.45, 2.75) is 367 Å². The van der Waals surface area contributed by atoms with Crippen LogP contribution in [-0.2, 0) is 65.4 Å². The van der Waals surface area contributed by atoms with Crippen LogP contribution >= 0.6 is 15.6 Å². The van der Waals surface area contributed by atoms with Gasteiger partial charge in [-0.15, -0.1) is 0 Å². The number of allylic oxidation sites excluding steroid dienone is 18. The molecule has 0 rings (SSSR count). The van der Waals surface area contributed by atoms with Crippen LogP contribution in [0.1, 0.15) is 349 Å². The number of phosphoric ester groups is 2. The summed E-state index contributed by atoms with van der Waals surface area (Å²) >= 11 is 0. The van der Waals surface area contributed by atoms with E-state index in [-0.39, 0.29) is 25.7 Å². The fourth-order valence-corrected chi connectivity index (χ4v) is 12.6. The van der Waals surface area contributed by atoms with Gasteiger partial charge >= 0.3 is 39.5 Å². The van der Waals surface area contributed by atoms with Crippen molar-refractivity contribution in [2.24, 2.45) is 0 Å². The number of aliphatic hydroxyl groups is 1. The second kappa shape index (κ2) is 76.9. The summed E-state index contributed by atoms with van der Waals surface area (Å²) in [4.78, 5) is 73.1. The Morgan fingerprint density at radius 3 is 0.788 bits per heavy atom. The molecule has 19 heteroatoms. The van der Waals surface area contributed by atoms with E-state index in [1.807, 2.05) is 0 Å². The van der Waals surface area contributed by atoms with Gasteiger partial charge in [0, 0.05) is 25.7 Å². The lowest BCUT2D eigenvalue weighted by Crippen LogP contribution is -2.30. The van der Waals surface area contributed by atoms with Crippen molar-refractivity contribution >= 4 is 39.5 Å². The third kappa shape index (κ3) is 75.9. The number of esters is 4. The quantitative estimate of drug-likeness (QED) is 0.0169. The molecule has 0 heterocycles. The first-order valence-electron chi connectivity index (χ1n) is 41.1. The van der Waals surface area contributed by atoms with E-state index in [1.54, 1.807) is 0 Å². The molecule has 0 aromatic carbocycles. The van der Waals surface area contributed by atoms with Crippen molar-refractivity contribution in [1.29, 1.82) is 0 Å². The summed E-state index contributed by atoms with van der Waals surface area (Å²) in [6, 6.07) is 0. The van der Waals surface area contributed by atoms with Crippen LogP contribution in [0.15, 0.2) is 109 Å². The van der Waals surface area contributed by atoms with Crippen LogP contribution in [0.5, 0.6) is 0 Å². The third-order valence-corrected chi connectivity index (χ3v) is 19.1. The Labute approximate surface area is 632 Å². The first kappa shape index (κ1) is 99.7. The van der Waals surface area contributed by atoms with E-state index in [0.717, 1.165) is 173 Å². The Hall–Kier alpha value is -4.28. The predicted octanol–water partition coefficient (Wildman–Crippen LogP) is 24.1. The number of hydrogen-bond acceptors (Lipinski definition) is 15. The highest BCUT2D eigenvalue weighted by Gasteiger charge is 2.30. The molecule has 600 valence electrons. The summed E-state index contributed by atoms with van der Waals surface area (Å²) in [7, 11) is -9.97. The maximum absolute atomic E-state index is 13.1. The summed E-state index contributed by atoms with van der Waals surface area (Å²) in [5.41, 5.74) is 0. The Balaban J connectivity index is 5.38. The van der Waals surface area contributed by atoms with E-state index in [9.17, 15) is 43.2 Å². The van der Waals surface area contributed by atoms with Crippen molar-refractivity contribution in [3.05, 3.63) is 109 Å². The van der Waals surface area contributed by atoms with Gasteiger partial charge in [-0.05, 0) is 128 Å². The number of ether oxygens (including phenoxy) is 4. The van der Waals surface area contributed by atoms with Gasteiger partial charge < -0.3 is 33.8 Å². The van der Waals surface area contributed by atoms with Crippen LogP contribution in [0.3, 0.4) is 0 Å². The van der Waals surface area contributed by atoms with Crippen molar-refractivity contribution < 1.29 is 80.2 Å². The van der Waals surface area contributed by atoms with Gasteiger partial charge in [0.1, 0.15) is 19.3 Å². The van der Waals surface area contributed by atoms with Crippen LogP contribution in [0.25, 0.3) is 0 Å². The second-order valence-corrected chi connectivity index (χ2v) is 30.2. The van der Waals surface area contributed by atoms with Gasteiger partial charge in [-0.3, -0.25) is 37.3 Å². The van der Waals surface area contributed by atoms with E-state index < -0.39 is 97.5 Å². The van der Waals surface area contributed by atoms with Gasteiger partial charge in [-0.1, -0.05) is 304 Å². The lowest BCUT2D eigenvalue weighted by Gasteiger charge is -2.21. The Morgan fingerprint density at radius 1 is 0.279 bits per heavy atom. The van der Waals surface area contributed by atoms with Gasteiger partial charge in [0.15, 0.2) is 12.2 Å². The van der Waals surface area contributed by atoms with Crippen molar-refractivity contribution in [3.8, 4) is 0 Å². The summed E-state index contributed by atoms with van der Waals surface area (Å²) in [6.45, 7) is 4.63. The molecule has 5 unspecified atom stereocenters. The average molecular weight is 1500 g/mol. The number of aliphatic hydroxyl groups excluding tert-OH is 1. The monoisotopic (exact) mass is 1500 g/mol. The minimum atomic E-state index is -4.99. The zero-order valence-electron chi connectivity index (χ0n) is 65.7. The first-order valence-corrected chi connectivity index (χ1v) is 44.1. The summed E-state index contributed by atoms with van der Waals surface area (Å²) in [5, 5.41) is 10.7. The molecule has 0 radical (unpaired) electrons. The fourth-order valence-electron chi connectivity index (χ4n) is 11.0. The highest BCUT2D eigenvalue weighted by Crippen LogP contribution is 2.45. The molecule has 5 atom stereocenters. The smallest absolute Gasteiger partial charge is 0.462 e. The molecule has 104 heavy (non-hydrogen) atoms. The van der Waals surface area contributed by atoms with Gasteiger partial charge in [-0.2, -0.15) is 0 Å². The molecule has 0 aliphatic carbocycles. The van der Waals surface area contributed by atoms with Crippen LogP contribution in [0.2, 0.25) is 0 Å². The van der Waals surface area contributed by atoms with Gasteiger partial charge in [-0.25, -0.2) is 9.13 Å². The van der Waals surface area contributed by atoms with E-state index in [2.05, 4.69) is 137 Å². The third-order valence-electron chi connectivity index (χ3n) is 17.2. The normalized spacial score (nSPS) is 14.4. The maximum atomic E-state index is 13.1. The number of rotatable bonds is 77. The largest absolute Gasteiger partial charge is 0.472 e. The topological polar surface area (TPSA) is 237 Å². The van der Waals surface area contributed by atoms with Crippen molar-refractivity contribution in [2.75, 3.05) is 39.6 Å². The van der Waals surface area contributed by atoms with E-state index in [0.29, 0.717) is 25.7 Å². The molecule has 0 fully saturated rings. The summed E-state index contributed by atoms with van der Waals surface area (Å²) in [5.74, 6) is -2.21. The van der Waals surface area contributed by atoms with Crippen LogP contribution < -0.4 is 0 Å². The number of unbranched alkanes of at least 4 members (excludes halogenated alkanes) is 33. The molecule has 0 aliphatic heterocycles. The van der Waals surface area contributed by atoms with Crippen molar-refractivity contribution in [1.82, 2.24) is 0 Å². The fraction of sp³-hybridized carbons (Fsp3) is 0.741. The molecule has 0 aromatic rings. The molecule has 17 nitrogen and oxygen atoms in total. The van der Waals surface area contributed by atoms with Gasteiger partial charge in [0.05, 0.1) is 26.4 Å². The number of carbonyl (C=O) groups excluding carboxylic acids is 4. The predicted molar refractivity (Wildman–Crippen MR) is 427 cm³/mol. The van der Waals surface area contributed by atoms with Crippen LogP contribution in [-0.4, -0.2) is 96.7 Å². The Kier molecular flexibility index (Phi) is 73.7. The lowest BCUT2D eigenvalue weighted by atomic mass is 10.0. The molecule has 0 amide bonds. The Morgan fingerprint density at radius 2 is 0.500 bits per heavy atom. The number of carbonyl (C=O) groups is 4. The molecular formula is C85H148O17P2. The SMILES string of the molecule is CC/C=C\C/C=C\C/C=C\C/C=C\CCCCCCCCC(=O)OCC(COP(=O)(O)OCC(O)COP(=O)(O)OCC(COC(=O)CCCCCCCCCCCCCCCCC)OC(=O)CCCCCCC/C=C\CCCCCC)OC(=O)CCCCCC/C=C\C/C=C\C/C=C\C/C=C\CC. The number of hydrogen-bond donors (Lipinski definition) is 3. The van der Waals surface area contributed by atoms with E-state index in [1.165, 1.54) is 96.3 Å². The molecular weight excluding hydrogens is 1350 g/mol. The van der Waals surface area contributed by atoms with Crippen LogP contribution in [0.4, 0.5) is 0 Å². The molecule has 3 N–H and O–H groups in total. The summed E-state index contributed by atoms with van der Waals surface area (Å²) in [6.07, 6.45) is 83.4. The second-order valence-electron chi connectivity index (χ2n) is 27.3. The molecule has 0 saturated heterocycles.